The number of pyridine rings is 1. The second kappa shape index (κ2) is 12.1. The van der Waals surface area contributed by atoms with E-state index in [1.54, 1.807) is 7.11 Å². The van der Waals surface area contributed by atoms with Crippen LogP contribution in [0.2, 0.25) is 0 Å². The number of carbonyl (C=O) groups excluding carboxylic acids is 1. The molecule has 1 saturated carbocycles. The summed E-state index contributed by atoms with van der Waals surface area (Å²) in [5.41, 5.74) is 5.77. The molecule has 8 heteroatoms. The van der Waals surface area contributed by atoms with Crippen LogP contribution in [-0.4, -0.2) is 47.8 Å². The third-order valence-electron chi connectivity index (χ3n) is 7.51. The van der Waals surface area contributed by atoms with Crippen molar-refractivity contribution in [3.63, 3.8) is 0 Å². The highest BCUT2D eigenvalue weighted by atomic mass is 16.5. The molecule has 8 nitrogen and oxygen atoms in total. The van der Waals surface area contributed by atoms with E-state index >= 15 is 0 Å². The van der Waals surface area contributed by atoms with Gasteiger partial charge in [-0.2, -0.15) is 0 Å². The average molecular weight is 507 g/mol. The standard InChI is InChI=1S/C29H38N4O4/c1-4-33(22-15-13-21(14-16-22)32-29(35)36)26-12-8-11-24-23(26)10-7-5-6-9-20-17-19(2)31-28(37-3)25(20)18-30-27(24)34/h5,7-8,11-12,17,21-22,32H,4,6,9-10,13-16,18H2,1-3H3,(H,30,34)(H,35,36)/t21-,22-. The Kier molecular flexibility index (Phi) is 8.69. The number of amides is 2. The lowest BCUT2D eigenvalue weighted by atomic mass is 9.89. The van der Waals surface area contributed by atoms with Gasteiger partial charge >= 0.3 is 6.09 Å². The Balaban J connectivity index is 1.62. The quantitative estimate of drug-likeness (QED) is 0.505. The fourth-order valence-electron chi connectivity index (χ4n) is 5.74. The number of ether oxygens (including phenoxy) is 1. The summed E-state index contributed by atoms with van der Waals surface area (Å²) in [5.74, 6) is 0.459. The van der Waals surface area contributed by atoms with Crippen molar-refractivity contribution in [2.75, 3.05) is 18.6 Å². The zero-order valence-corrected chi connectivity index (χ0v) is 22.0. The van der Waals surface area contributed by atoms with Crippen molar-refractivity contribution < 1.29 is 19.4 Å². The highest BCUT2D eigenvalue weighted by Gasteiger charge is 2.28. The molecule has 198 valence electrons. The smallest absolute Gasteiger partial charge is 0.404 e. The van der Waals surface area contributed by atoms with Gasteiger partial charge in [-0.1, -0.05) is 18.2 Å². The van der Waals surface area contributed by atoms with Gasteiger partial charge in [0.25, 0.3) is 5.91 Å². The summed E-state index contributed by atoms with van der Waals surface area (Å²) in [6, 6.07) is 8.37. The van der Waals surface area contributed by atoms with Gasteiger partial charge in [0.1, 0.15) is 0 Å². The van der Waals surface area contributed by atoms with E-state index in [0.717, 1.165) is 73.1 Å². The van der Waals surface area contributed by atoms with Crippen LogP contribution in [-0.2, 0) is 19.4 Å². The van der Waals surface area contributed by atoms with Gasteiger partial charge in [0, 0.05) is 47.7 Å². The lowest BCUT2D eigenvalue weighted by Gasteiger charge is -2.39. The Labute approximate surface area is 219 Å². The molecule has 1 aliphatic carbocycles. The number of aryl methyl sites for hydroxylation is 2. The van der Waals surface area contributed by atoms with E-state index in [1.165, 1.54) is 0 Å². The number of rotatable bonds is 5. The zero-order chi connectivity index (χ0) is 26.4. The Morgan fingerprint density at radius 2 is 2.00 bits per heavy atom. The van der Waals surface area contributed by atoms with Crippen LogP contribution in [0, 0.1) is 6.92 Å². The maximum absolute atomic E-state index is 13.5. The van der Waals surface area contributed by atoms with Crippen molar-refractivity contribution in [1.82, 2.24) is 15.6 Å². The Morgan fingerprint density at radius 1 is 1.22 bits per heavy atom. The molecule has 2 amide bonds. The number of benzene rings is 1. The van der Waals surface area contributed by atoms with Crippen molar-refractivity contribution in [2.45, 2.75) is 77.4 Å². The van der Waals surface area contributed by atoms with Crippen LogP contribution in [0.3, 0.4) is 0 Å². The molecule has 0 bridgehead atoms. The first kappa shape index (κ1) is 26.5. The number of anilines is 1. The number of allylic oxidation sites excluding steroid dienone is 2. The molecule has 0 unspecified atom stereocenters. The van der Waals surface area contributed by atoms with E-state index in [9.17, 15) is 9.59 Å². The summed E-state index contributed by atoms with van der Waals surface area (Å²) < 4.78 is 5.56. The summed E-state index contributed by atoms with van der Waals surface area (Å²) in [5, 5.41) is 14.8. The molecule has 1 aromatic heterocycles. The van der Waals surface area contributed by atoms with Gasteiger partial charge < -0.3 is 25.4 Å². The molecular weight excluding hydrogens is 468 g/mol. The molecular formula is C29H38N4O4. The number of methoxy groups -OCH3 is 1. The lowest BCUT2D eigenvalue weighted by molar-refractivity contribution is 0.0949. The number of nitrogens with one attached hydrogen (secondary N) is 2. The number of carboxylic acid groups (broad SMARTS) is 1. The number of hydrogen-bond acceptors (Lipinski definition) is 5. The van der Waals surface area contributed by atoms with Crippen molar-refractivity contribution >= 4 is 17.7 Å². The molecule has 0 radical (unpaired) electrons. The monoisotopic (exact) mass is 506 g/mol. The molecule has 3 N–H and O–H groups in total. The molecule has 1 fully saturated rings. The average Bonchev–Trinajstić information content (AvgIpc) is 2.88. The lowest BCUT2D eigenvalue weighted by Crippen LogP contribution is -2.44. The van der Waals surface area contributed by atoms with Gasteiger partial charge in [0.15, 0.2) is 0 Å². The van der Waals surface area contributed by atoms with Crippen molar-refractivity contribution in [2.24, 2.45) is 0 Å². The van der Waals surface area contributed by atoms with Crippen LogP contribution in [0.15, 0.2) is 36.4 Å². The maximum Gasteiger partial charge on any atom is 0.404 e. The van der Waals surface area contributed by atoms with Crippen LogP contribution in [0.25, 0.3) is 0 Å². The minimum absolute atomic E-state index is 0.00987. The molecule has 0 atom stereocenters. The first-order valence-corrected chi connectivity index (χ1v) is 13.3. The van der Waals surface area contributed by atoms with E-state index in [4.69, 9.17) is 9.84 Å². The minimum Gasteiger partial charge on any atom is -0.481 e. The number of carbonyl (C=O) groups is 2. The van der Waals surface area contributed by atoms with Crippen LogP contribution in [0.1, 0.15) is 71.8 Å². The molecule has 2 aliphatic rings. The van der Waals surface area contributed by atoms with Gasteiger partial charge in [-0.3, -0.25) is 4.79 Å². The van der Waals surface area contributed by atoms with Crippen LogP contribution < -0.4 is 20.3 Å². The fourth-order valence-corrected chi connectivity index (χ4v) is 5.74. The number of nitrogens with zero attached hydrogens (tertiary/aromatic N) is 2. The van der Waals surface area contributed by atoms with Crippen molar-refractivity contribution in [3.8, 4) is 5.88 Å². The zero-order valence-electron chi connectivity index (χ0n) is 22.0. The maximum atomic E-state index is 13.5. The summed E-state index contributed by atoms with van der Waals surface area (Å²) in [7, 11) is 1.62. The van der Waals surface area contributed by atoms with E-state index in [0.29, 0.717) is 30.5 Å². The van der Waals surface area contributed by atoms with Gasteiger partial charge in [0.2, 0.25) is 5.88 Å². The molecule has 0 spiro atoms. The number of fused-ring (bicyclic) bond motifs is 2. The second-order valence-electron chi connectivity index (χ2n) is 9.85. The van der Waals surface area contributed by atoms with Gasteiger partial charge in [-0.25, -0.2) is 9.78 Å². The third-order valence-corrected chi connectivity index (χ3v) is 7.51. The summed E-state index contributed by atoms with van der Waals surface area (Å²) >= 11 is 0. The second-order valence-corrected chi connectivity index (χ2v) is 9.85. The van der Waals surface area contributed by atoms with Crippen molar-refractivity contribution in [1.29, 1.82) is 0 Å². The van der Waals surface area contributed by atoms with Gasteiger partial charge in [-0.05, 0) is 88.1 Å². The highest BCUT2D eigenvalue weighted by molar-refractivity contribution is 5.97. The summed E-state index contributed by atoms with van der Waals surface area (Å²) in [6.45, 7) is 5.28. The van der Waals surface area contributed by atoms with Crippen LogP contribution in [0.4, 0.5) is 10.5 Å². The minimum atomic E-state index is -0.956. The SMILES string of the molecule is CCN(c1cccc2c1CC=CCCc1cc(C)nc(OC)c1CNC2=O)[C@H]1CC[C@H](NC(=O)O)CC1. The van der Waals surface area contributed by atoms with Crippen LogP contribution >= 0.6 is 0 Å². The molecule has 4 rings (SSSR count). The molecule has 0 saturated heterocycles. The summed E-state index contributed by atoms with van der Waals surface area (Å²) in [4.78, 5) is 31.5. The summed E-state index contributed by atoms with van der Waals surface area (Å²) in [6.07, 6.45) is 9.29. The Bertz CT molecular complexity index is 1150. The molecule has 37 heavy (non-hydrogen) atoms. The fraction of sp³-hybridized carbons (Fsp3) is 0.483. The molecule has 1 aliphatic heterocycles. The van der Waals surface area contributed by atoms with Crippen molar-refractivity contribution in [3.05, 3.63) is 64.4 Å². The molecule has 2 aromatic rings. The van der Waals surface area contributed by atoms with E-state index in [2.05, 4.69) is 51.7 Å². The van der Waals surface area contributed by atoms with Gasteiger partial charge in [-0.15, -0.1) is 0 Å². The molecule has 1 aromatic carbocycles. The predicted octanol–water partition coefficient (Wildman–Crippen LogP) is 4.78. The first-order valence-electron chi connectivity index (χ1n) is 13.3. The van der Waals surface area contributed by atoms with E-state index in [-0.39, 0.29) is 11.9 Å². The first-order chi connectivity index (χ1) is 17.9. The number of hydrogen-bond donors (Lipinski definition) is 3. The van der Waals surface area contributed by atoms with E-state index < -0.39 is 6.09 Å². The number of aromatic nitrogens is 1. The topological polar surface area (TPSA) is 104 Å². The van der Waals surface area contributed by atoms with Crippen LogP contribution in [0.5, 0.6) is 5.88 Å². The Morgan fingerprint density at radius 3 is 2.70 bits per heavy atom. The largest absolute Gasteiger partial charge is 0.481 e. The predicted molar refractivity (Wildman–Crippen MR) is 145 cm³/mol. The van der Waals surface area contributed by atoms with E-state index in [1.807, 2.05) is 19.1 Å². The highest BCUT2D eigenvalue weighted by Crippen LogP contribution is 2.32. The molecule has 2 heterocycles. The third kappa shape index (κ3) is 6.24. The normalized spacial score (nSPS) is 19.9. The van der Waals surface area contributed by atoms with Gasteiger partial charge in [0.05, 0.1) is 7.11 Å². The Hall–Kier alpha value is -3.55.